The lowest BCUT2D eigenvalue weighted by Crippen LogP contribution is -2.39. The van der Waals surface area contributed by atoms with E-state index in [0.717, 1.165) is 50.5 Å². The fourth-order valence-electron chi connectivity index (χ4n) is 6.07. The fraction of sp³-hybridized carbons (Fsp3) is 0.310. The number of carbonyl (C=O) groups excluding carboxylic acids is 2. The van der Waals surface area contributed by atoms with Crippen LogP contribution in [0.5, 0.6) is 5.75 Å². The van der Waals surface area contributed by atoms with Crippen molar-refractivity contribution < 1.29 is 23.5 Å². The number of hydrogen-bond acceptors (Lipinski definition) is 8. The summed E-state index contributed by atoms with van der Waals surface area (Å²) in [5, 5.41) is 2.42. The average molecular weight is 543 g/mol. The minimum absolute atomic E-state index is 0.0960. The van der Waals surface area contributed by atoms with Crippen molar-refractivity contribution in [3.8, 4) is 5.75 Å². The molecule has 1 N–H and O–H groups in total. The van der Waals surface area contributed by atoms with Crippen molar-refractivity contribution in [2.24, 2.45) is 4.99 Å². The Kier molecular flexibility index (Phi) is 5.97. The van der Waals surface area contributed by atoms with Crippen LogP contribution < -0.4 is 15.0 Å². The van der Waals surface area contributed by atoms with Crippen molar-refractivity contribution in [1.29, 1.82) is 0 Å². The molecule has 0 bridgehead atoms. The first-order chi connectivity index (χ1) is 19.5. The maximum absolute atomic E-state index is 15.1. The SMILES string of the molecule is COc1ccn2c(C3=C(C4=NC=CN5c6c(cc(F)cc64)CC5CCN4CCOCC4)C(=O)NC3=O)cnc2c1. The first kappa shape index (κ1) is 24.7. The number of benzene rings is 1. The number of ether oxygens (including phenoxy) is 2. The molecule has 4 aliphatic heterocycles. The molecular weight excluding hydrogens is 515 g/mol. The van der Waals surface area contributed by atoms with Crippen LogP contribution >= 0.6 is 0 Å². The Morgan fingerprint density at radius 1 is 1.15 bits per heavy atom. The van der Waals surface area contributed by atoms with Gasteiger partial charge in [0.05, 0.1) is 54.8 Å². The third-order valence-electron chi connectivity index (χ3n) is 7.97. The fourth-order valence-corrected chi connectivity index (χ4v) is 6.07. The summed E-state index contributed by atoms with van der Waals surface area (Å²) >= 11 is 0. The molecule has 0 saturated carbocycles. The minimum Gasteiger partial charge on any atom is -0.497 e. The van der Waals surface area contributed by atoms with Crippen LogP contribution in [0.25, 0.3) is 11.2 Å². The average Bonchev–Trinajstić information content (AvgIpc) is 3.57. The van der Waals surface area contributed by atoms with Gasteiger partial charge in [-0.05, 0) is 36.6 Å². The third kappa shape index (κ3) is 4.00. The van der Waals surface area contributed by atoms with Crippen molar-refractivity contribution in [1.82, 2.24) is 19.6 Å². The predicted octanol–water partition coefficient (Wildman–Crippen LogP) is 2.32. The molecule has 0 radical (unpaired) electrons. The Morgan fingerprint density at radius 2 is 1.98 bits per heavy atom. The van der Waals surface area contributed by atoms with E-state index < -0.39 is 17.6 Å². The Hall–Kier alpha value is -4.35. The molecule has 3 aromatic rings. The number of anilines is 1. The summed E-state index contributed by atoms with van der Waals surface area (Å²) in [5.41, 5.74) is 3.64. The number of morpholine rings is 1. The zero-order valence-electron chi connectivity index (χ0n) is 21.9. The molecule has 4 aliphatic rings. The third-order valence-corrected chi connectivity index (χ3v) is 7.97. The number of hydrogen-bond donors (Lipinski definition) is 1. The second-order valence-corrected chi connectivity index (χ2v) is 10.2. The van der Waals surface area contributed by atoms with Crippen molar-refractivity contribution in [2.45, 2.75) is 18.9 Å². The van der Waals surface area contributed by atoms with Crippen LogP contribution in [0.15, 0.2) is 59.6 Å². The highest BCUT2D eigenvalue weighted by Gasteiger charge is 2.40. The molecule has 1 aromatic carbocycles. The van der Waals surface area contributed by atoms with E-state index in [2.05, 4.69) is 25.1 Å². The molecule has 1 saturated heterocycles. The van der Waals surface area contributed by atoms with Gasteiger partial charge in [-0.25, -0.2) is 9.37 Å². The number of aromatic nitrogens is 2. The van der Waals surface area contributed by atoms with Gasteiger partial charge in [-0.15, -0.1) is 0 Å². The number of methoxy groups -OCH3 is 1. The summed E-state index contributed by atoms with van der Waals surface area (Å²) in [4.78, 5) is 40.0. The van der Waals surface area contributed by atoms with Gasteiger partial charge >= 0.3 is 0 Å². The lowest BCUT2D eigenvalue weighted by molar-refractivity contribution is -0.123. The highest BCUT2D eigenvalue weighted by atomic mass is 19.1. The van der Waals surface area contributed by atoms with Gasteiger partial charge in [0, 0.05) is 55.9 Å². The van der Waals surface area contributed by atoms with E-state index in [1.54, 1.807) is 48.3 Å². The number of pyridine rings is 1. The Morgan fingerprint density at radius 3 is 2.80 bits per heavy atom. The lowest BCUT2D eigenvalue weighted by Gasteiger charge is -2.30. The first-order valence-electron chi connectivity index (χ1n) is 13.3. The van der Waals surface area contributed by atoms with Crippen LogP contribution in [0.4, 0.5) is 10.1 Å². The van der Waals surface area contributed by atoms with Gasteiger partial charge in [0.15, 0.2) is 0 Å². The highest BCUT2D eigenvalue weighted by Crippen LogP contribution is 2.41. The Balaban J connectivity index is 1.31. The number of fused-ring (bicyclic) bond motifs is 1. The smallest absolute Gasteiger partial charge is 0.261 e. The normalized spacial score (nSPS) is 20.7. The van der Waals surface area contributed by atoms with Crippen LogP contribution in [-0.2, 0) is 20.7 Å². The van der Waals surface area contributed by atoms with E-state index >= 15 is 4.39 Å². The molecule has 0 spiro atoms. The molecule has 1 fully saturated rings. The van der Waals surface area contributed by atoms with Gasteiger partial charge in [-0.3, -0.25) is 29.2 Å². The van der Waals surface area contributed by atoms with Gasteiger partial charge in [0.1, 0.15) is 17.2 Å². The molecular formula is C29H27FN6O4. The Labute approximate surface area is 229 Å². The van der Waals surface area contributed by atoms with Crippen molar-refractivity contribution >= 4 is 34.4 Å². The van der Waals surface area contributed by atoms with Crippen LogP contribution in [0.2, 0.25) is 0 Å². The second-order valence-electron chi connectivity index (χ2n) is 10.2. The molecule has 1 unspecified atom stereocenters. The Bertz CT molecular complexity index is 1650. The maximum atomic E-state index is 15.1. The summed E-state index contributed by atoms with van der Waals surface area (Å²) < 4.78 is 27.5. The van der Waals surface area contributed by atoms with E-state index in [9.17, 15) is 9.59 Å². The summed E-state index contributed by atoms with van der Waals surface area (Å²) in [5.74, 6) is -0.931. The predicted molar refractivity (Wildman–Crippen MR) is 146 cm³/mol. The number of halogens is 1. The molecule has 11 heteroatoms. The van der Waals surface area contributed by atoms with Crippen LogP contribution in [-0.4, -0.2) is 77.8 Å². The monoisotopic (exact) mass is 542 g/mol. The number of nitrogens with zero attached hydrogens (tertiary/aromatic N) is 5. The number of aliphatic imine (C=N–C) groups is 1. The number of imide groups is 1. The summed E-state index contributed by atoms with van der Waals surface area (Å²) in [7, 11) is 1.56. The minimum atomic E-state index is -0.580. The molecule has 2 amide bonds. The van der Waals surface area contributed by atoms with Gasteiger partial charge in [-0.1, -0.05) is 0 Å². The molecule has 2 aromatic heterocycles. The van der Waals surface area contributed by atoms with Crippen molar-refractivity contribution in [3.05, 3.63) is 77.3 Å². The van der Waals surface area contributed by atoms with E-state index in [-0.39, 0.29) is 22.9 Å². The van der Waals surface area contributed by atoms with E-state index in [1.165, 1.54) is 6.07 Å². The van der Waals surface area contributed by atoms with Gasteiger partial charge in [0.2, 0.25) is 0 Å². The number of nitrogens with one attached hydrogen (secondary N) is 1. The number of imidazole rings is 1. The zero-order valence-corrected chi connectivity index (χ0v) is 21.9. The quantitative estimate of drug-likeness (QED) is 0.477. The molecule has 40 heavy (non-hydrogen) atoms. The second kappa shape index (κ2) is 9.68. The van der Waals surface area contributed by atoms with Crippen molar-refractivity contribution in [3.63, 3.8) is 0 Å². The molecule has 6 heterocycles. The number of rotatable bonds is 6. The topological polar surface area (TPSA) is 101 Å². The summed E-state index contributed by atoms with van der Waals surface area (Å²) in [6, 6.07) is 6.56. The highest BCUT2D eigenvalue weighted by molar-refractivity contribution is 6.47. The van der Waals surface area contributed by atoms with Crippen LogP contribution in [0.3, 0.4) is 0 Å². The molecule has 7 rings (SSSR count). The van der Waals surface area contributed by atoms with Crippen LogP contribution in [0, 0.1) is 5.82 Å². The number of amides is 2. The van der Waals surface area contributed by atoms with Crippen LogP contribution in [0.1, 0.15) is 23.2 Å². The lowest BCUT2D eigenvalue weighted by atomic mass is 9.94. The molecule has 10 nitrogen and oxygen atoms in total. The van der Waals surface area contributed by atoms with E-state index in [0.29, 0.717) is 29.1 Å². The zero-order chi connectivity index (χ0) is 27.4. The maximum Gasteiger partial charge on any atom is 0.261 e. The molecule has 204 valence electrons. The summed E-state index contributed by atoms with van der Waals surface area (Å²) in [6.07, 6.45) is 8.34. The van der Waals surface area contributed by atoms with Gasteiger partial charge in [0.25, 0.3) is 11.8 Å². The summed E-state index contributed by atoms with van der Waals surface area (Å²) in [6.45, 7) is 4.18. The number of carbonyl (C=O) groups is 2. The standard InChI is InChI=1S/C29H27FN6O4/c1-39-20-3-6-36-22(16-32-23(36)15-20)24-25(29(38)33-28(24)37)26-21-14-18(30)12-17-13-19(35(27(17)21)7-4-31-26)2-5-34-8-10-40-11-9-34/h3-4,6-7,12,14-16,19H,2,5,8-11,13H2,1H3,(H,33,37,38). The van der Waals surface area contributed by atoms with Gasteiger partial charge < -0.3 is 14.4 Å². The molecule has 1 atom stereocenters. The largest absolute Gasteiger partial charge is 0.497 e. The van der Waals surface area contributed by atoms with E-state index in [1.807, 2.05) is 6.20 Å². The molecule has 0 aliphatic carbocycles. The van der Waals surface area contributed by atoms with E-state index in [4.69, 9.17) is 9.47 Å². The first-order valence-corrected chi connectivity index (χ1v) is 13.3. The van der Waals surface area contributed by atoms with Gasteiger partial charge in [-0.2, -0.15) is 0 Å². The van der Waals surface area contributed by atoms with Crippen molar-refractivity contribution in [2.75, 3.05) is 44.9 Å².